The van der Waals surface area contributed by atoms with Crippen LogP contribution in [0.15, 0.2) is 30.5 Å². The van der Waals surface area contributed by atoms with Crippen LogP contribution in [0.25, 0.3) is 11.3 Å². The van der Waals surface area contributed by atoms with E-state index < -0.39 is 5.54 Å². The number of hydrogen-bond donors (Lipinski definition) is 0. The molecule has 3 nitrogen and oxygen atoms in total. The molecule has 0 aliphatic heterocycles. The van der Waals surface area contributed by atoms with Crippen molar-refractivity contribution in [1.29, 1.82) is 0 Å². The van der Waals surface area contributed by atoms with Crippen molar-refractivity contribution in [3.05, 3.63) is 41.8 Å². The van der Waals surface area contributed by atoms with Crippen LogP contribution >= 0.6 is 0 Å². The maximum atomic E-state index is 13.7. The van der Waals surface area contributed by atoms with Crippen molar-refractivity contribution >= 4 is 6.29 Å². The fourth-order valence-corrected chi connectivity index (χ4v) is 1.73. The van der Waals surface area contributed by atoms with Crippen molar-refractivity contribution < 1.29 is 9.18 Å². The summed E-state index contributed by atoms with van der Waals surface area (Å²) in [7, 11) is 0. The van der Waals surface area contributed by atoms with Crippen LogP contribution in [0.4, 0.5) is 4.39 Å². The minimum Gasteiger partial charge on any atom is -0.301 e. The van der Waals surface area contributed by atoms with Crippen molar-refractivity contribution in [2.45, 2.75) is 26.3 Å². The van der Waals surface area contributed by atoms with Crippen LogP contribution in [0.5, 0.6) is 0 Å². The molecular weight excluding hydrogens is 231 g/mol. The molecule has 0 aliphatic rings. The van der Waals surface area contributed by atoms with E-state index in [0.717, 1.165) is 11.8 Å². The van der Waals surface area contributed by atoms with Gasteiger partial charge in [0.25, 0.3) is 0 Å². The predicted octanol–water partition coefficient (Wildman–Crippen LogP) is 2.93. The summed E-state index contributed by atoms with van der Waals surface area (Å²) in [5.41, 5.74) is 1.14. The Kier molecular flexibility index (Phi) is 3.03. The molecule has 1 heterocycles. The number of aldehydes is 1. The molecule has 0 spiro atoms. The molecule has 18 heavy (non-hydrogen) atoms. The zero-order valence-corrected chi connectivity index (χ0v) is 10.6. The van der Waals surface area contributed by atoms with Gasteiger partial charge in [0.15, 0.2) is 0 Å². The Morgan fingerprint density at radius 3 is 2.61 bits per heavy atom. The fraction of sp³-hybridized carbons (Fsp3) is 0.286. The van der Waals surface area contributed by atoms with Crippen LogP contribution in [-0.4, -0.2) is 16.1 Å². The van der Waals surface area contributed by atoms with E-state index in [0.29, 0.717) is 11.3 Å². The molecule has 4 heteroatoms. The lowest BCUT2D eigenvalue weighted by Crippen LogP contribution is -2.28. The molecular formula is C14H15FN2O. The third-order valence-electron chi connectivity index (χ3n) is 2.91. The smallest absolute Gasteiger partial charge is 0.147 e. The zero-order valence-electron chi connectivity index (χ0n) is 10.6. The maximum Gasteiger partial charge on any atom is 0.147 e. The van der Waals surface area contributed by atoms with Gasteiger partial charge in [-0.25, -0.2) is 4.39 Å². The summed E-state index contributed by atoms with van der Waals surface area (Å²) < 4.78 is 15.3. The molecule has 0 bridgehead atoms. The highest BCUT2D eigenvalue weighted by atomic mass is 19.1. The molecule has 1 aromatic heterocycles. The Morgan fingerprint density at radius 2 is 2.00 bits per heavy atom. The van der Waals surface area contributed by atoms with Crippen molar-refractivity contribution in [2.24, 2.45) is 0 Å². The third-order valence-corrected chi connectivity index (χ3v) is 2.91. The van der Waals surface area contributed by atoms with Crippen LogP contribution < -0.4 is 0 Å². The largest absolute Gasteiger partial charge is 0.301 e. The standard InChI is InChI=1S/C14H15FN2O/c1-10-8-17(14(2,3)9-18)16-13(10)11-6-4-5-7-12(11)15/h4-9H,1-3H3. The number of nitrogens with zero attached hydrogens (tertiary/aromatic N) is 2. The van der Waals surface area contributed by atoms with Crippen molar-refractivity contribution in [3.63, 3.8) is 0 Å². The third kappa shape index (κ3) is 2.06. The molecule has 1 aromatic carbocycles. The molecule has 94 valence electrons. The molecule has 0 amide bonds. The number of benzene rings is 1. The van der Waals surface area contributed by atoms with Gasteiger partial charge in [-0.05, 0) is 38.5 Å². The number of hydrogen-bond acceptors (Lipinski definition) is 2. The summed E-state index contributed by atoms with van der Waals surface area (Å²) in [6, 6.07) is 6.49. The topological polar surface area (TPSA) is 34.9 Å². The molecule has 0 saturated heterocycles. The Balaban J connectivity index is 2.55. The van der Waals surface area contributed by atoms with Crippen LogP contribution in [0, 0.1) is 12.7 Å². The molecule has 2 aromatic rings. The predicted molar refractivity (Wildman–Crippen MR) is 67.7 cm³/mol. The van der Waals surface area contributed by atoms with E-state index in [1.165, 1.54) is 6.07 Å². The Bertz CT molecular complexity index is 587. The van der Waals surface area contributed by atoms with Gasteiger partial charge in [-0.1, -0.05) is 12.1 Å². The fourth-order valence-electron chi connectivity index (χ4n) is 1.73. The van der Waals surface area contributed by atoms with E-state index >= 15 is 0 Å². The number of aromatic nitrogens is 2. The lowest BCUT2D eigenvalue weighted by molar-refractivity contribution is -0.114. The summed E-state index contributed by atoms with van der Waals surface area (Å²) in [5, 5.41) is 4.33. The Morgan fingerprint density at radius 1 is 1.33 bits per heavy atom. The zero-order chi connectivity index (χ0) is 13.3. The number of carbonyl (C=O) groups is 1. The first kappa shape index (κ1) is 12.5. The van der Waals surface area contributed by atoms with Crippen molar-refractivity contribution in [3.8, 4) is 11.3 Å². The van der Waals surface area contributed by atoms with Crippen LogP contribution in [0.1, 0.15) is 19.4 Å². The van der Waals surface area contributed by atoms with Crippen molar-refractivity contribution in [1.82, 2.24) is 9.78 Å². The molecule has 0 aliphatic carbocycles. The first-order chi connectivity index (χ1) is 8.45. The average Bonchev–Trinajstić information content (AvgIpc) is 2.73. The van der Waals surface area contributed by atoms with Gasteiger partial charge >= 0.3 is 0 Å². The second-order valence-electron chi connectivity index (χ2n) is 4.86. The second kappa shape index (κ2) is 4.37. The van der Waals surface area contributed by atoms with Gasteiger partial charge in [0.1, 0.15) is 17.6 Å². The van der Waals surface area contributed by atoms with Gasteiger partial charge in [0.2, 0.25) is 0 Å². The minimum atomic E-state index is -0.728. The summed E-state index contributed by atoms with van der Waals surface area (Å²) in [6.45, 7) is 5.38. The Labute approximate surface area is 105 Å². The molecule has 0 N–H and O–H groups in total. The Hall–Kier alpha value is -1.97. The number of carbonyl (C=O) groups excluding carboxylic acids is 1. The van der Waals surface area contributed by atoms with Crippen LogP contribution in [0.2, 0.25) is 0 Å². The normalized spacial score (nSPS) is 11.6. The highest BCUT2D eigenvalue weighted by Crippen LogP contribution is 2.26. The van der Waals surface area contributed by atoms with Gasteiger partial charge in [0.05, 0.1) is 5.69 Å². The van der Waals surface area contributed by atoms with Gasteiger partial charge in [-0.2, -0.15) is 5.10 Å². The monoisotopic (exact) mass is 246 g/mol. The highest BCUT2D eigenvalue weighted by molar-refractivity contribution is 5.65. The van der Waals surface area contributed by atoms with Gasteiger partial charge in [0, 0.05) is 11.8 Å². The van der Waals surface area contributed by atoms with Gasteiger partial charge < -0.3 is 4.79 Å². The lowest BCUT2D eigenvalue weighted by Gasteiger charge is -2.17. The van der Waals surface area contributed by atoms with Crippen LogP contribution in [-0.2, 0) is 10.3 Å². The molecule has 0 atom stereocenters. The molecule has 2 rings (SSSR count). The van der Waals surface area contributed by atoms with Gasteiger partial charge in [-0.15, -0.1) is 0 Å². The van der Waals surface area contributed by atoms with E-state index in [-0.39, 0.29) is 5.82 Å². The van der Waals surface area contributed by atoms with E-state index in [2.05, 4.69) is 5.10 Å². The summed E-state index contributed by atoms with van der Waals surface area (Å²) in [4.78, 5) is 11.0. The van der Waals surface area contributed by atoms with Crippen LogP contribution in [0.3, 0.4) is 0 Å². The number of aryl methyl sites for hydroxylation is 1. The highest BCUT2D eigenvalue weighted by Gasteiger charge is 2.22. The van der Waals surface area contributed by atoms with E-state index in [4.69, 9.17) is 0 Å². The SMILES string of the molecule is Cc1cn(C(C)(C)C=O)nc1-c1ccccc1F. The summed E-state index contributed by atoms with van der Waals surface area (Å²) in [5.74, 6) is -0.310. The van der Waals surface area contributed by atoms with E-state index in [1.54, 1.807) is 42.9 Å². The molecule has 0 fully saturated rings. The molecule has 0 unspecified atom stereocenters. The molecule has 0 saturated carbocycles. The quantitative estimate of drug-likeness (QED) is 0.780. The first-order valence-corrected chi connectivity index (χ1v) is 5.73. The summed E-state index contributed by atoms with van der Waals surface area (Å²) in [6.07, 6.45) is 2.58. The van der Waals surface area contributed by atoms with Crippen molar-refractivity contribution in [2.75, 3.05) is 0 Å². The van der Waals surface area contributed by atoms with Gasteiger partial charge in [-0.3, -0.25) is 4.68 Å². The number of rotatable bonds is 3. The maximum absolute atomic E-state index is 13.7. The minimum absolute atomic E-state index is 0.310. The van der Waals surface area contributed by atoms with E-state index in [1.807, 2.05) is 6.92 Å². The summed E-state index contributed by atoms with van der Waals surface area (Å²) >= 11 is 0. The first-order valence-electron chi connectivity index (χ1n) is 5.73. The molecule has 0 radical (unpaired) electrons. The lowest BCUT2D eigenvalue weighted by atomic mass is 10.1. The average molecular weight is 246 g/mol. The second-order valence-corrected chi connectivity index (χ2v) is 4.86. The number of halogens is 1. The van der Waals surface area contributed by atoms with E-state index in [9.17, 15) is 9.18 Å².